The number of nitrogens with one attached hydrogen (secondary N) is 1. The molecule has 0 radical (unpaired) electrons. The van der Waals surface area contributed by atoms with E-state index in [0.29, 0.717) is 5.41 Å². The number of unbranched alkanes of at least 4 members (excludes halogenated alkanes) is 1. The second-order valence-corrected chi connectivity index (χ2v) is 5.95. The fourth-order valence-corrected chi connectivity index (χ4v) is 2.02. The smallest absolute Gasteiger partial charge is 0.0467 e. The van der Waals surface area contributed by atoms with Crippen molar-refractivity contribution in [3.63, 3.8) is 0 Å². The molecule has 0 rings (SSSR count). The SMILES string of the molecule is CCCCC(CC)CNCC(C)(C)CCOC. The van der Waals surface area contributed by atoms with E-state index in [4.69, 9.17) is 4.74 Å². The second kappa shape index (κ2) is 9.90. The zero-order valence-corrected chi connectivity index (χ0v) is 12.6. The molecule has 0 bridgehead atoms. The quantitative estimate of drug-likeness (QED) is 0.595. The Bertz CT molecular complexity index is 168. The van der Waals surface area contributed by atoms with Gasteiger partial charge in [0.2, 0.25) is 0 Å². The topological polar surface area (TPSA) is 21.3 Å². The highest BCUT2D eigenvalue weighted by Gasteiger charge is 2.17. The van der Waals surface area contributed by atoms with Crippen molar-refractivity contribution in [1.82, 2.24) is 5.32 Å². The Morgan fingerprint density at radius 2 is 1.94 bits per heavy atom. The summed E-state index contributed by atoms with van der Waals surface area (Å²) in [5.41, 5.74) is 0.346. The standard InChI is InChI=1S/C15H33NO/c1-6-8-9-14(7-2)12-16-13-15(3,4)10-11-17-5/h14,16H,6-13H2,1-5H3. The number of hydrogen-bond acceptors (Lipinski definition) is 2. The lowest BCUT2D eigenvalue weighted by molar-refractivity contribution is 0.150. The molecule has 17 heavy (non-hydrogen) atoms. The van der Waals surface area contributed by atoms with Crippen LogP contribution in [0.1, 0.15) is 59.8 Å². The largest absolute Gasteiger partial charge is 0.385 e. The van der Waals surface area contributed by atoms with E-state index in [-0.39, 0.29) is 0 Å². The second-order valence-electron chi connectivity index (χ2n) is 5.95. The van der Waals surface area contributed by atoms with Gasteiger partial charge in [-0.05, 0) is 30.7 Å². The lowest BCUT2D eigenvalue weighted by Gasteiger charge is -2.26. The number of rotatable bonds is 11. The van der Waals surface area contributed by atoms with Crippen LogP contribution in [-0.4, -0.2) is 26.8 Å². The molecule has 0 spiro atoms. The first-order valence-corrected chi connectivity index (χ1v) is 7.25. The van der Waals surface area contributed by atoms with E-state index in [2.05, 4.69) is 33.0 Å². The average molecular weight is 243 g/mol. The van der Waals surface area contributed by atoms with Gasteiger partial charge in [0.15, 0.2) is 0 Å². The molecule has 0 aromatic rings. The van der Waals surface area contributed by atoms with Gasteiger partial charge in [0, 0.05) is 20.3 Å². The lowest BCUT2D eigenvalue weighted by Crippen LogP contribution is -2.33. The third-order valence-corrected chi connectivity index (χ3v) is 3.56. The van der Waals surface area contributed by atoms with E-state index in [1.807, 2.05) is 0 Å². The van der Waals surface area contributed by atoms with E-state index in [9.17, 15) is 0 Å². The van der Waals surface area contributed by atoms with E-state index in [1.165, 1.54) is 32.2 Å². The van der Waals surface area contributed by atoms with Crippen LogP contribution in [0.5, 0.6) is 0 Å². The van der Waals surface area contributed by atoms with Gasteiger partial charge in [-0.15, -0.1) is 0 Å². The summed E-state index contributed by atoms with van der Waals surface area (Å²) < 4.78 is 5.15. The first-order valence-electron chi connectivity index (χ1n) is 7.25. The van der Waals surface area contributed by atoms with E-state index in [0.717, 1.165) is 25.5 Å². The van der Waals surface area contributed by atoms with Gasteiger partial charge < -0.3 is 10.1 Å². The minimum absolute atomic E-state index is 0.346. The molecule has 2 nitrogen and oxygen atoms in total. The van der Waals surface area contributed by atoms with Crippen molar-refractivity contribution in [3.8, 4) is 0 Å². The molecule has 1 atom stereocenters. The Kier molecular flexibility index (Phi) is 9.85. The van der Waals surface area contributed by atoms with Crippen molar-refractivity contribution in [2.45, 2.75) is 59.8 Å². The molecule has 0 amide bonds. The van der Waals surface area contributed by atoms with Gasteiger partial charge in [-0.3, -0.25) is 0 Å². The van der Waals surface area contributed by atoms with Gasteiger partial charge in [0.05, 0.1) is 0 Å². The minimum Gasteiger partial charge on any atom is -0.385 e. The highest BCUT2D eigenvalue weighted by atomic mass is 16.5. The molecule has 0 aromatic carbocycles. The summed E-state index contributed by atoms with van der Waals surface area (Å²) in [5, 5.41) is 3.64. The van der Waals surface area contributed by atoms with Crippen LogP contribution in [0.3, 0.4) is 0 Å². The molecule has 0 fully saturated rings. The van der Waals surface area contributed by atoms with Gasteiger partial charge in [0.1, 0.15) is 0 Å². The molecule has 104 valence electrons. The van der Waals surface area contributed by atoms with E-state index >= 15 is 0 Å². The minimum atomic E-state index is 0.346. The average Bonchev–Trinajstić information content (AvgIpc) is 2.31. The maximum absolute atomic E-state index is 5.15. The zero-order chi connectivity index (χ0) is 13.1. The molecule has 1 unspecified atom stereocenters. The molecular weight excluding hydrogens is 210 g/mol. The third kappa shape index (κ3) is 9.61. The van der Waals surface area contributed by atoms with Gasteiger partial charge >= 0.3 is 0 Å². The molecule has 0 aliphatic carbocycles. The Hall–Kier alpha value is -0.0800. The maximum atomic E-state index is 5.15. The van der Waals surface area contributed by atoms with Crippen LogP contribution in [0.2, 0.25) is 0 Å². The number of ether oxygens (including phenoxy) is 1. The lowest BCUT2D eigenvalue weighted by atomic mass is 9.89. The third-order valence-electron chi connectivity index (χ3n) is 3.56. The van der Waals surface area contributed by atoms with Crippen LogP contribution in [0, 0.1) is 11.3 Å². The first-order chi connectivity index (χ1) is 8.05. The van der Waals surface area contributed by atoms with Crippen molar-refractivity contribution in [2.75, 3.05) is 26.8 Å². The molecule has 0 aliphatic heterocycles. The van der Waals surface area contributed by atoms with Gasteiger partial charge in [-0.2, -0.15) is 0 Å². The van der Waals surface area contributed by atoms with E-state index < -0.39 is 0 Å². The monoisotopic (exact) mass is 243 g/mol. The van der Waals surface area contributed by atoms with Crippen LogP contribution in [-0.2, 0) is 4.74 Å². The fourth-order valence-electron chi connectivity index (χ4n) is 2.02. The molecule has 0 saturated carbocycles. The van der Waals surface area contributed by atoms with Crippen molar-refractivity contribution < 1.29 is 4.74 Å². The summed E-state index contributed by atoms with van der Waals surface area (Å²) in [7, 11) is 1.78. The Morgan fingerprint density at radius 1 is 1.24 bits per heavy atom. The predicted molar refractivity (Wildman–Crippen MR) is 76.4 cm³/mol. The highest BCUT2D eigenvalue weighted by Crippen LogP contribution is 2.19. The highest BCUT2D eigenvalue weighted by molar-refractivity contribution is 4.72. The molecule has 0 aromatic heterocycles. The normalized spacial score (nSPS) is 13.9. The van der Waals surface area contributed by atoms with Crippen LogP contribution < -0.4 is 5.32 Å². The summed E-state index contributed by atoms with van der Waals surface area (Å²) in [5.74, 6) is 0.855. The molecule has 2 heteroatoms. The summed E-state index contributed by atoms with van der Waals surface area (Å²) >= 11 is 0. The number of methoxy groups -OCH3 is 1. The van der Waals surface area contributed by atoms with Crippen LogP contribution >= 0.6 is 0 Å². The summed E-state index contributed by atoms with van der Waals surface area (Å²) in [4.78, 5) is 0. The van der Waals surface area contributed by atoms with Crippen LogP contribution in [0.15, 0.2) is 0 Å². The molecular formula is C15H33NO. The fraction of sp³-hybridized carbons (Fsp3) is 1.00. The Labute approximate surface area is 109 Å². The van der Waals surface area contributed by atoms with Crippen LogP contribution in [0.4, 0.5) is 0 Å². The summed E-state index contributed by atoms with van der Waals surface area (Å²) in [6.07, 6.45) is 6.48. The van der Waals surface area contributed by atoms with Crippen molar-refractivity contribution in [2.24, 2.45) is 11.3 Å². The number of hydrogen-bond donors (Lipinski definition) is 1. The first kappa shape index (κ1) is 16.9. The zero-order valence-electron chi connectivity index (χ0n) is 12.6. The van der Waals surface area contributed by atoms with Crippen molar-refractivity contribution in [1.29, 1.82) is 0 Å². The molecule has 0 heterocycles. The summed E-state index contributed by atoms with van der Waals surface area (Å²) in [6, 6.07) is 0. The van der Waals surface area contributed by atoms with Crippen molar-refractivity contribution in [3.05, 3.63) is 0 Å². The molecule has 0 saturated heterocycles. The van der Waals surface area contributed by atoms with E-state index in [1.54, 1.807) is 7.11 Å². The molecule has 1 N–H and O–H groups in total. The summed E-state index contributed by atoms with van der Waals surface area (Å²) in [6.45, 7) is 12.3. The molecule has 0 aliphatic rings. The Balaban J connectivity index is 3.70. The maximum Gasteiger partial charge on any atom is 0.0467 e. The Morgan fingerprint density at radius 3 is 2.47 bits per heavy atom. The predicted octanol–water partition coefficient (Wildman–Crippen LogP) is 3.86. The van der Waals surface area contributed by atoms with Crippen molar-refractivity contribution >= 4 is 0 Å². The van der Waals surface area contributed by atoms with Crippen LogP contribution in [0.25, 0.3) is 0 Å². The van der Waals surface area contributed by atoms with Gasteiger partial charge in [-0.1, -0.05) is 47.0 Å². The van der Waals surface area contributed by atoms with Gasteiger partial charge in [0.25, 0.3) is 0 Å². The van der Waals surface area contributed by atoms with Gasteiger partial charge in [-0.25, -0.2) is 0 Å².